The van der Waals surface area contributed by atoms with E-state index in [4.69, 9.17) is 19.4 Å². The summed E-state index contributed by atoms with van der Waals surface area (Å²) in [5, 5.41) is 9.34. The maximum absolute atomic E-state index is 7.17. The fourth-order valence-electron chi connectivity index (χ4n) is 10.4. The van der Waals surface area contributed by atoms with Crippen LogP contribution in [0.1, 0.15) is 5.56 Å². The van der Waals surface area contributed by atoms with Crippen LogP contribution in [0, 0.1) is 6.92 Å². The number of aromatic nitrogens is 5. The van der Waals surface area contributed by atoms with E-state index in [-0.39, 0.29) is 0 Å². The molecule has 0 spiro atoms. The normalized spacial score (nSPS) is 12.1. The van der Waals surface area contributed by atoms with Gasteiger partial charge in [0.05, 0.1) is 27.8 Å². The molecule has 5 aromatic heterocycles. The quantitative estimate of drug-likeness (QED) is 0.173. The van der Waals surface area contributed by atoms with Crippen LogP contribution in [-0.4, -0.2) is 24.1 Å². The summed E-state index contributed by atoms with van der Waals surface area (Å²) >= 11 is 1.88. The first kappa shape index (κ1) is 36.1. The maximum Gasteiger partial charge on any atom is 0.165 e. The van der Waals surface area contributed by atoms with Crippen molar-refractivity contribution >= 4 is 97.1 Å². The fourth-order valence-corrected chi connectivity index (χ4v) is 11.6. The van der Waals surface area contributed by atoms with Crippen molar-refractivity contribution in [3.63, 3.8) is 0 Å². The fraction of sp³-hybridized carbons (Fsp3) is 0.0172. The van der Waals surface area contributed by atoms with Crippen molar-refractivity contribution in [2.24, 2.45) is 0 Å². The highest BCUT2D eigenvalue weighted by Crippen LogP contribution is 2.52. The number of benzene rings is 9. The molecule has 0 saturated carbocycles. The number of nitrogens with zero attached hydrogens (tertiary/aromatic N) is 5. The highest BCUT2D eigenvalue weighted by Gasteiger charge is 2.29. The first-order chi connectivity index (χ1) is 32.2. The molecule has 7 heteroatoms. The molecule has 0 atom stereocenters. The van der Waals surface area contributed by atoms with Gasteiger partial charge in [-0.1, -0.05) is 152 Å². The number of fused-ring (bicyclic) bond motifs is 15. The number of para-hydroxylation sites is 4. The van der Waals surface area contributed by atoms with E-state index >= 15 is 0 Å². The Balaban J connectivity index is 1.18. The van der Waals surface area contributed by atoms with E-state index in [0.29, 0.717) is 17.5 Å². The lowest BCUT2D eigenvalue weighted by Crippen LogP contribution is -2.03. The molecule has 6 nitrogen and oxygen atoms in total. The van der Waals surface area contributed by atoms with Gasteiger partial charge in [-0.15, -0.1) is 11.3 Å². The predicted molar refractivity (Wildman–Crippen MR) is 270 cm³/mol. The molecule has 0 saturated heterocycles. The monoisotopic (exact) mass is 849 g/mol. The number of hydrogen-bond acceptors (Lipinski definition) is 5. The lowest BCUT2D eigenvalue weighted by Gasteiger charge is -2.16. The van der Waals surface area contributed by atoms with E-state index < -0.39 is 0 Å². The number of thiophene rings is 1. The number of aryl methyl sites for hydroxylation is 1. The van der Waals surface area contributed by atoms with Crippen molar-refractivity contribution in [2.45, 2.75) is 6.92 Å². The summed E-state index contributed by atoms with van der Waals surface area (Å²) in [5.41, 5.74) is 12.1. The molecule has 0 radical (unpaired) electrons. The van der Waals surface area contributed by atoms with Crippen LogP contribution in [0.25, 0.3) is 131 Å². The van der Waals surface area contributed by atoms with Crippen molar-refractivity contribution in [2.75, 3.05) is 0 Å². The Morgan fingerprint density at radius 1 is 0.446 bits per heavy atom. The zero-order valence-electron chi connectivity index (χ0n) is 35.0. The van der Waals surface area contributed by atoms with Crippen molar-refractivity contribution in [1.29, 1.82) is 0 Å². The van der Waals surface area contributed by atoms with E-state index in [1.807, 2.05) is 53.8 Å². The minimum absolute atomic E-state index is 0.598. The lowest BCUT2D eigenvalue weighted by molar-refractivity contribution is 0.666. The molecule has 5 heterocycles. The van der Waals surface area contributed by atoms with Gasteiger partial charge in [-0.2, -0.15) is 0 Å². The van der Waals surface area contributed by atoms with Gasteiger partial charge < -0.3 is 13.6 Å². The third-order valence-corrected chi connectivity index (χ3v) is 14.2. The van der Waals surface area contributed by atoms with Crippen molar-refractivity contribution in [1.82, 2.24) is 24.1 Å². The predicted octanol–water partition coefficient (Wildman–Crippen LogP) is 15.6. The van der Waals surface area contributed by atoms with Crippen molar-refractivity contribution < 1.29 is 4.42 Å². The summed E-state index contributed by atoms with van der Waals surface area (Å²) in [5.74, 6) is 1.83. The second-order valence-corrected chi connectivity index (χ2v) is 17.8. The summed E-state index contributed by atoms with van der Waals surface area (Å²) in [6.45, 7) is 2.18. The van der Waals surface area contributed by atoms with Gasteiger partial charge in [0.2, 0.25) is 0 Å². The van der Waals surface area contributed by atoms with Crippen LogP contribution < -0.4 is 0 Å². The Kier molecular flexibility index (Phi) is 7.67. The molecule has 0 bridgehead atoms. The largest absolute Gasteiger partial charge is 0.454 e. The minimum atomic E-state index is 0.598. The molecule has 0 N–H and O–H groups in total. The Morgan fingerprint density at radius 2 is 0.954 bits per heavy atom. The molecule has 0 aliphatic heterocycles. The molecule has 14 rings (SSSR count). The molecule has 0 unspecified atom stereocenters. The van der Waals surface area contributed by atoms with Crippen molar-refractivity contribution in [3.8, 4) is 45.5 Å². The highest BCUT2D eigenvalue weighted by atomic mass is 32.1. The molecular formula is C58H35N5OS. The van der Waals surface area contributed by atoms with Crippen LogP contribution in [0.2, 0.25) is 0 Å². The lowest BCUT2D eigenvalue weighted by atomic mass is 9.98. The van der Waals surface area contributed by atoms with Gasteiger partial charge >= 0.3 is 0 Å². The Morgan fingerprint density at radius 3 is 1.65 bits per heavy atom. The molecule has 0 aliphatic carbocycles. The third kappa shape index (κ3) is 5.18. The Labute approximate surface area is 375 Å². The van der Waals surface area contributed by atoms with Crippen LogP contribution >= 0.6 is 11.3 Å². The van der Waals surface area contributed by atoms with Gasteiger partial charge in [-0.25, -0.2) is 15.0 Å². The van der Waals surface area contributed by atoms with E-state index in [9.17, 15) is 0 Å². The molecule has 14 aromatic rings. The molecule has 0 fully saturated rings. The SMILES string of the molecule is Cc1cc(-n2c3ccccc3c3c4c(c5ccccc5n4-c4ccccc4)c4sc5ccccc5c4c32)c2oc3ccccc3c2c1-c1nc(-c2ccccc2)nc(-c2ccccc2)n1. The average Bonchev–Trinajstić information content (AvgIpc) is 4.13. The van der Waals surface area contributed by atoms with E-state index in [1.165, 1.54) is 52.8 Å². The van der Waals surface area contributed by atoms with Gasteiger partial charge in [0, 0.05) is 74.9 Å². The summed E-state index contributed by atoms with van der Waals surface area (Å²) in [6.07, 6.45) is 0. The smallest absolute Gasteiger partial charge is 0.165 e. The summed E-state index contributed by atoms with van der Waals surface area (Å²) < 4.78 is 14.7. The van der Waals surface area contributed by atoms with Crippen molar-refractivity contribution in [3.05, 3.63) is 200 Å². The topological polar surface area (TPSA) is 61.7 Å². The van der Waals surface area contributed by atoms with Crippen LogP contribution in [0.4, 0.5) is 0 Å². The van der Waals surface area contributed by atoms with Gasteiger partial charge in [0.1, 0.15) is 5.58 Å². The number of furan rings is 1. The molecule has 65 heavy (non-hydrogen) atoms. The Hall–Kier alpha value is -8.39. The molecule has 9 aromatic carbocycles. The van der Waals surface area contributed by atoms with Crippen LogP contribution in [0.5, 0.6) is 0 Å². The minimum Gasteiger partial charge on any atom is -0.454 e. The molecule has 304 valence electrons. The first-order valence-corrected chi connectivity index (χ1v) is 22.7. The van der Waals surface area contributed by atoms with Gasteiger partial charge in [-0.05, 0) is 55.0 Å². The van der Waals surface area contributed by atoms with Crippen LogP contribution in [0.15, 0.2) is 199 Å². The zero-order chi connectivity index (χ0) is 42.8. The standard InChI is InChI=1S/C58H35N5OS/c1-34-33-44(54-48(40-27-13-17-31-45(40)64-54)47(34)58-60-56(35-19-5-2-6-20-35)59-57(61-58)36-21-7-3-8-22-36)63-43-30-16-11-25-38(43)49-52-50(55-51(53(49)63)41-28-14-18-32-46(41)65-55)39-26-12-15-29-42(39)62(52)37-23-9-4-10-24-37/h2-33H,1H3. The highest BCUT2D eigenvalue weighted by molar-refractivity contribution is 7.27. The van der Waals surface area contributed by atoms with Crippen LogP contribution in [-0.2, 0) is 0 Å². The van der Waals surface area contributed by atoms with Crippen LogP contribution in [0.3, 0.4) is 0 Å². The second kappa shape index (κ2) is 13.8. The van der Waals surface area contributed by atoms with E-state index in [1.54, 1.807) is 0 Å². The first-order valence-electron chi connectivity index (χ1n) is 21.9. The molecular weight excluding hydrogens is 815 g/mol. The Bertz CT molecular complexity index is 4180. The second-order valence-electron chi connectivity index (χ2n) is 16.7. The maximum atomic E-state index is 7.17. The van der Waals surface area contributed by atoms with Gasteiger partial charge in [0.25, 0.3) is 0 Å². The number of rotatable bonds is 5. The molecule has 0 aliphatic rings. The summed E-state index contributed by atoms with van der Waals surface area (Å²) in [6, 6.07) is 68.4. The van der Waals surface area contributed by atoms with Gasteiger partial charge in [-0.3, -0.25) is 0 Å². The van der Waals surface area contributed by atoms with E-state index in [2.05, 4.69) is 168 Å². The zero-order valence-corrected chi connectivity index (χ0v) is 35.8. The van der Waals surface area contributed by atoms with E-state index in [0.717, 1.165) is 66.6 Å². The molecule has 0 amide bonds. The summed E-state index contributed by atoms with van der Waals surface area (Å²) in [4.78, 5) is 15.6. The summed E-state index contributed by atoms with van der Waals surface area (Å²) in [7, 11) is 0. The number of hydrogen-bond donors (Lipinski definition) is 0. The average molecular weight is 850 g/mol. The van der Waals surface area contributed by atoms with Gasteiger partial charge in [0.15, 0.2) is 23.1 Å². The third-order valence-electron chi connectivity index (χ3n) is 13.0.